The van der Waals surface area contributed by atoms with Gasteiger partial charge in [-0.2, -0.15) is 0 Å². The van der Waals surface area contributed by atoms with E-state index in [9.17, 15) is 0 Å². The zero-order valence-electron chi connectivity index (χ0n) is 18.2. The summed E-state index contributed by atoms with van der Waals surface area (Å²) in [5, 5.41) is 6.49. The second-order valence-electron chi connectivity index (χ2n) is 7.34. The molecule has 2 aromatic rings. The number of aromatic nitrogens is 1. The first-order chi connectivity index (χ1) is 13.4. The van der Waals surface area contributed by atoms with E-state index in [4.69, 9.17) is 13.9 Å². The minimum Gasteiger partial charge on any atom is -0.493 e. The first kappa shape index (κ1) is 25.1. The molecule has 0 fully saturated rings. The zero-order chi connectivity index (χ0) is 20.6. The quantitative estimate of drug-likeness (QED) is 0.310. The molecule has 0 aliphatic rings. The monoisotopic (exact) mass is 516 g/mol. The number of nitrogens with zero attached hydrogens (tertiary/aromatic N) is 2. The molecule has 0 amide bonds. The lowest BCUT2D eigenvalue weighted by atomic mass is 9.94. The predicted octanol–water partition coefficient (Wildman–Crippen LogP) is 4.25. The van der Waals surface area contributed by atoms with Crippen molar-refractivity contribution in [3.63, 3.8) is 0 Å². The van der Waals surface area contributed by atoms with Gasteiger partial charge in [-0.1, -0.05) is 26.8 Å². The first-order valence-electron chi connectivity index (χ1n) is 9.64. The van der Waals surface area contributed by atoms with Gasteiger partial charge in [0, 0.05) is 12.0 Å². The predicted molar refractivity (Wildman–Crippen MR) is 126 cm³/mol. The number of oxazole rings is 1. The normalized spacial score (nSPS) is 11.6. The van der Waals surface area contributed by atoms with E-state index >= 15 is 0 Å². The van der Waals surface area contributed by atoms with Crippen molar-refractivity contribution in [2.45, 2.75) is 53.1 Å². The lowest BCUT2D eigenvalue weighted by Crippen LogP contribution is -2.36. The minimum atomic E-state index is -0.0590. The molecule has 0 aliphatic carbocycles. The standard InChI is InChI=1S/C21H32N4O3.HI/c1-7-22-20(25-14-19-23-13-18(28-19)21(3,4)5)24-12-15-9-10-16(27-8-2)17(11-15)26-6;/h9-11,13H,7-8,12,14H2,1-6H3,(H2,22,24,25);1H. The summed E-state index contributed by atoms with van der Waals surface area (Å²) in [7, 11) is 1.64. The van der Waals surface area contributed by atoms with Gasteiger partial charge >= 0.3 is 0 Å². The Kier molecular flexibility index (Phi) is 10.3. The molecule has 2 rings (SSSR count). The van der Waals surface area contributed by atoms with E-state index in [0.717, 1.165) is 23.6 Å². The summed E-state index contributed by atoms with van der Waals surface area (Å²) in [6.45, 7) is 12.6. The molecule has 2 N–H and O–H groups in total. The van der Waals surface area contributed by atoms with Crippen molar-refractivity contribution in [3.05, 3.63) is 41.6 Å². The second-order valence-corrected chi connectivity index (χ2v) is 7.34. The maximum Gasteiger partial charge on any atom is 0.213 e. The molecule has 0 unspecified atom stereocenters. The zero-order valence-corrected chi connectivity index (χ0v) is 20.5. The van der Waals surface area contributed by atoms with Gasteiger partial charge in [0.25, 0.3) is 0 Å². The van der Waals surface area contributed by atoms with Crippen molar-refractivity contribution in [1.82, 2.24) is 15.6 Å². The number of methoxy groups -OCH3 is 1. The molecule has 7 nitrogen and oxygen atoms in total. The van der Waals surface area contributed by atoms with Crippen LogP contribution in [-0.2, 0) is 18.5 Å². The van der Waals surface area contributed by atoms with Gasteiger partial charge in [-0.25, -0.2) is 9.98 Å². The molecule has 162 valence electrons. The van der Waals surface area contributed by atoms with Crippen LogP contribution in [0.25, 0.3) is 0 Å². The molecular weight excluding hydrogens is 483 g/mol. The highest BCUT2D eigenvalue weighted by atomic mass is 127. The van der Waals surface area contributed by atoms with Crippen LogP contribution >= 0.6 is 24.0 Å². The largest absolute Gasteiger partial charge is 0.493 e. The summed E-state index contributed by atoms with van der Waals surface area (Å²) in [6, 6.07) is 5.85. The van der Waals surface area contributed by atoms with Crippen molar-refractivity contribution >= 4 is 29.9 Å². The van der Waals surface area contributed by atoms with Gasteiger partial charge in [-0.15, -0.1) is 24.0 Å². The molecule has 29 heavy (non-hydrogen) atoms. The fourth-order valence-corrected chi connectivity index (χ4v) is 2.50. The molecule has 0 atom stereocenters. The average molecular weight is 516 g/mol. The van der Waals surface area contributed by atoms with Gasteiger partial charge in [0.1, 0.15) is 5.76 Å². The van der Waals surface area contributed by atoms with Crippen LogP contribution in [0.3, 0.4) is 0 Å². The third kappa shape index (κ3) is 7.75. The fraction of sp³-hybridized carbons (Fsp3) is 0.524. The molecule has 8 heteroatoms. The number of aliphatic imine (C=N–C) groups is 1. The Bertz CT molecular complexity index is 784. The van der Waals surface area contributed by atoms with Crippen molar-refractivity contribution in [2.75, 3.05) is 20.3 Å². The van der Waals surface area contributed by atoms with Gasteiger partial charge in [-0.3, -0.25) is 0 Å². The lowest BCUT2D eigenvalue weighted by molar-refractivity contribution is 0.310. The molecule has 0 spiro atoms. The van der Waals surface area contributed by atoms with E-state index in [1.807, 2.05) is 32.0 Å². The molecular formula is C21H33IN4O3. The molecule has 1 heterocycles. The van der Waals surface area contributed by atoms with Crippen molar-refractivity contribution in [1.29, 1.82) is 0 Å². The Morgan fingerprint density at radius 3 is 2.52 bits per heavy atom. The Labute approximate surface area is 190 Å². The van der Waals surface area contributed by atoms with Gasteiger partial charge in [0.2, 0.25) is 5.89 Å². The number of halogens is 1. The molecule has 0 bridgehead atoms. The molecule has 0 aliphatic heterocycles. The SMILES string of the molecule is CCNC(=NCc1ccc(OCC)c(OC)c1)NCc1ncc(C(C)(C)C)o1.I. The van der Waals surface area contributed by atoms with Crippen molar-refractivity contribution < 1.29 is 13.9 Å². The maximum absolute atomic E-state index is 5.82. The molecule has 1 aromatic carbocycles. The van der Waals surface area contributed by atoms with Gasteiger partial charge in [-0.05, 0) is 31.5 Å². The summed E-state index contributed by atoms with van der Waals surface area (Å²) < 4.78 is 16.8. The second kappa shape index (κ2) is 11.9. The third-order valence-corrected chi connectivity index (χ3v) is 3.99. The smallest absolute Gasteiger partial charge is 0.213 e. The molecule has 0 saturated heterocycles. The molecule has 1 aromatic heterocycles. The van der Waals surface area contributed by atoms with E-state index in [1.54, 1.807) is 13.3 Å². The van der Waals surface area contributed by atoms with E-state index in [1.165, 1.54) is 0 Å². The fourth-order valence-electron chi connectivity index (χ4n) is 2.50. The summed E-state index contributed by atoms with van der Waals surface area (Å²) in [6.07, 6.45) is 1.79. The Morgan fingerprint density at radius 1 is 1.17 bits per heavy atom. The number of guanidine groups is 1. The summed E-state index contributed by atoms with van der Waals surface area (Å²) in [4.78, 5) is 8.97. The lowest BCUT2D eigenvalue weighted by Gasteiger charge is -2.13. The van der Waals surface area contributed by atoms with E-state index in [2.05, 4.69) is 41.4 Å². The summed E-state index contributed by atoms with van der Waals surface area (Å²) in [5.74, 6) is 3.65. The van der Waals surface area contributed by atoms with Crippen LogP contribution in [0, 0.1) is 0 Å². The summed E-state index contributed by atoms with van der Waals surface area (Å²) in [5.41, 5.74) is 0.972. The van der Waals surface area contributed by atoms with Crippen LogP contribution in [-0.4, -0.2) is 31.2 Å². The van der Waals surface area contributed by atoms with Crippen LogP contribution in [0.4, 0.5) is 0 Å². The highest BCUT2D eigenvalue weighted by Gasteiger charge is 2.19. The number of benzene rings is 1. The summed E-state index contributed by atoms with van der Waals surface area (Å²) >= 11 is 0. The Balaban J connectivity index is 0.00000420. The van der Waals surface area contributed by atoms with Crippen LogP contribution in [0.15, 0.2) is 33.8 Å². The van der Waals surface area contributed by atoms with Crippen LogP contribution < -0.4 is 20.1 Å². The highest BCUT2D eigenvalue weighted by molar-refractivity contribution is 14.0. The van der Waals surface area contributed by atoms with E-state index < -0.39 is 0 Å². The first-order valence-corrected chi connectivity index (χ1v) is 9.64. The van der Waals surface area contributed by atoms with Crippen LogP contribution in [0.5, 0.6) is 11.5 Å². The highest BCUT2D eigenvalue weighted by Crippen LogP contribution is 2.28. The number of hydrogen-bond donors (Lipinski definition) is 2. The average Bonchev–Trinajstić information content (AvgIpc) is 3.14. The van der Waals surface area contributed by atoms with Crippen LogP contribution in [0.2, 0.25) is 0 Å². The van der Waals surface area contributed by atoms with E-state index in [-0.39, 0.29) is 29.4 Å². The maximum atomic E-state index is 5.82. The molecule has 0 saturated carbocycles. The van der Waals surface area contributed by atoms with Crippen LogP contribution in [0.1, 0.15) is 51.8 Å². The van der Waals surface area contributed by atoms with Gasteiger partial charge in [0.05, 0.1) is 33.0 Å². The third-order valence-electron chi connectivity index (χ3n) is 3.99. The topological polar surface area (TPSA) is 80.9 Å². The van der Waals surface area contributed by atoms with Gasteiger partial charge < -0.3 is 24.5 Å². The van der Waals surface area contributed by atoms with Gasteiger partial charge in [0.15, 0.2) is 17.5 Å². The van der Waals surface area contributed by atoms with E-state index in [0.29, 0.717) is 37.3 Å². The Morgan fingerprint density at radius 2 is 1.93 bits per heavy atom. The number of ether oxygens (including phenoxy) is 2. The number of rotatable bonds is 8. The van der Waals surface area contributed by atoms with Crippen molar-refractivity contribution in [2.24, 2.45) is 4.99 Å². The molecule has 0 radical (unpaired) electrons. The van der Waals surface area contributed by atoms with Crippen molar-refractivity contribution in [3.8, 4) is 11.5 Å². The number of hydrogen-bond acceptors (Lipinski definition) is 5. The Hall–Kier alpha value is -1.97. The minimum absolute atomic E-state index is 0. The number of nitrogens with one attached hydrogen (secondary N) is 2.